The Morgan fingerprint density at radius 1 is 1.20 bits per heavy atom. The predicted molar refractivity (Wildman–Crippen MR) is 92.9 cm³/mol. The standard InChI is InChI=1S/C16H19BrClNS/c1-2-19-11-13(10-16-15(17)7-8-20-16)9-12-3-5-14(18)6-4-12/h3-8,13,19H,2,9-11H2,1H3. The number of nitrogens with one attached hydrogen (secondary N) is 1. The molecule has 1 nitrogen and oxygen atoms in total. The number of hydrogen-bond acceptors (Lipinski definition) is 2. The first kappa shape index (κ1) is 16.0. The molecular weight excluding hydrogens is 354 g/mol. The molecule has 0 aliphatic heterocycles. The van der Waals surface area contributed by atoms with Crippen molar-refractivity contribution in [3.05, 3.63) is 55.6 Å². The monoisotopic (exact) mass is 371 g/mol. The van der Waals surface area contributed by atoms with Gasteiger partial charge in [-0.15, -0.1) is 11.3 Å². The molecule has 2 aromatic rings. The van der Waals surface area contributed by atoms with Gasteiger partial charge in [0, 0.05) is 14.4 Å². The first-order chi connectivity index (χ1) is 9.69. The molecule has 0 fully saturated rings. The fourth-order valence-corrected chi connectivity index (χ4v) is 4.01. The maximum atomic E-state index is 5.95. The highest BCUT2D eigenvalue weighted by molar-refractivity contribution is 9.10. The Labute approximate surface area is 138 Å². The maximum Gasteiger partial charge on any atom is 0.0406 e. The van der Waals surface area contributed by atoms with Gasteiger partial charge in [0.1, 0.15) is 0 Å². The minimum absolute atomic E-state index is 0.603. The lowest BCUT2D eigenvalue weighted by molar-refractivity contribution is 0.480. The van der Waals surface area contributed by atoms with Crippen LogP contribution in [0.2, 0.25) is 5.02 Å². The zero-order valence-electron chi connectivity index (χ0n) is 11.5. The van der Waals surface area contributed by atoms with Crippen LogP contribution in [0.5, 0.6) is 0 Å². The third-order valence-electron chi connectivity index (χ3n) is 3.29. The predicted octanol–water partition coefficient (Wildman–Crippen LogP) is 5.17. The molecular formula is C16H19BrClNS. The van der Waals surface area contributed by atoms with Gasteiger partial charge >= 0.3 is 0 Å². The first-order valence-electron chi connectivity index (χ1n) is 6.86. The van der Waals surface area contributed by atoms with E-state index in [-0.39, 0.29) is 0 Å². The van der Waals surface area contributed by atoms with Crippen molar-refractivity contribution in [3.8, 4) is 0 Å². The molecule has 0 saturated heterocycles. The molecule has 0 amide bonds. The highest BCUT2D eigenvalue weighted by Crippen LogP contribution is 2.26. The van der Waals surface area contributed by atoms with Crippen LogP contribution in [-0.4, -0.2) is 13.1 Å². The molecule has 0 spiro atoms. The van der Waals surface area contributed by atoms with Crippen LogP contribution in [0.25, 0.3) is 0 Å². The van der Waals surface area contributed by atoms with E-state index in [0.29, 0.717) is 5.92 Å². The van der Waals surface area contributed by atoms with E-state index in [4.69, 9.17) is 11.6 Å². The van der Waals surface area contributed by atoms with Crippen LogP contribution in [0.4, 0.5) is 0 Å². The summed E-state index contributed by atoms with van der Waals surface area (Å²) in [7, 11) is 0. The minimum Gasteiger partial charge on any atom is -0.317 e. The fourth-order valence-electron chi connectivity index (χ4n) is 2.25. The molecule has 1 heterocycles. The Kier molecular flexibility index (Phi) is 6.56. The summed E-state index contributed by atoms with van der Waals surface area (Å²) in [5.41, 5.74) is 1.35. The van der Waals surface area contributed by atoms with Crippen molar-refractivity contribution in [2.75, 3.05) is 13.1 Å². The Morgan fingerprint density at radius 2 is 1.95 bits per heavy atom. The molecule has 4 heteroatoms. The molecule has 20 heavy (non-hydrogen) atoms. The van der Waals surface area contributed by atoms with E-state index in [1.807, 2.05) is 23.5 Å². The van der Waals surface area contributed by atoms with E-state index in [9.17, 15) is 0 Å². The molecule has 1 N–H and O–H groups in total. The average molecular weight is 373 g/mol. The lowest BCUT2D eigenvalue weighted by atomic mass is 9.95. The second-order valence-electron chi connectivity index (χ2n) is 4.90. The minimum atomic E-state index is 0.603. The van der Waals surface area contributed by atoms with Gasteiger partial charge in [-0.05, 0) is 76.9 Å². The van der Waals surface area contributed by atoms with Crippen LogP contribution in [0.15, 0.2) is 40.2 Å². The summed E-state index contributed by atoms with van der Waals surface area (Å²) in [5.74, 6) is 0.603. The van der Waals surface area contributed by atoms with Crippen molar-refractivity contribution < 1.29 is 0 Å². The summed E-state index contributed by atoms with van der Waals surface area (Å²) in [6.07, 6.45) is 2.18. The quantitative estimate of drug-likeness (QED) is 0.706. The molecule has 2 rings (SSSR count). The van der Waals surface area contributed by atoms with Crippen LogP contribution in [0.1, 0.15) is 17.4 Å². The molecule has 0 bridgehead atoms. The van der Waals surface area contributed by atoms with Crippen molar-refractivity contribution in [2.45, 2.75) is 19.8 Å². The van der Waals surface area contributed by atoms with Gasteiger partial charge in [-0.1, -0.05) is 30.7 Å². The van der Waals surface area contributed by atoms with E-state index < -0.39 is 0 Å². The van der Waals surface area contributed by atoms with E-state index in [1.165, 1.54) is 14.9 Å². The van der Waals surface area contributed by atoms with Gasteiger partial charge in [-0.2, -0.15) is 0 Å². The third kappa shape index (κ3) is 4.88. The SMILES string of the molecule is CCNCC(Cc1ccc(Cl)cc1)Cc1sccc1Br. The van der Waals surface area contributed by atoms with E-state index in [1.54, 1.807) is 0 Å². The zero-order chi connectivity index (χ0) is 14.4. The van der Waals surface area contributed by atoms with Gasteiger partial charge in [0.25, 0.3) is 0 Å². The Balaban J connectivity index is 2.03. The van der Waals surface area contributed by atoms with Crippen molar-refractivity contribution in [2.24, 2.45) is 5.92 Å². The summed E-state index contributed by atoms with van der Waals surface area (Å²) < 4.78 is 1.24. The Hall–Kier alpha value is -0.350. The van der Waals surface area contributed by atoms with Gasteiger partial charge < -0.3 is 5.32 Å². The smallest absolute Gasteiger partial charge is 0.0406 e. The second kappa shape index (κ2) is 8.18. The van der Waals surface area contributed by atoms with Gasteiger partial charge in [-0.25, -0.2) is 0 Å². The van der Waals surface area contributed by atoms with E-state index in [2.05, 4.69) is 51.7 Å². The van der Waals surface area contributed by atoms with Crippen LogP contribution in [0.3, 0.4) is 0 Å². The molecule has 1 aromatic carbocycles. The van der Waals surface area contributed by atoms with Crippen LogP contribution in [0, 0.1) is 5.92 Å². The largest absolute Gasteiger partial charge is 0.317 e. The lowest BCUT2D eigenvalue weighted by Crippen LogP contribution is -2.25. The second-order valence-corrected chi connectivity index (χ2v) is 7.19. The summed E-state index contributed by atoms with van der Waals surface area (Å²) in [6, 6.07) is 10.3. The summed E-state index contributed by atoms with van der Waals surface area (Å²) in [5, 5.41) is 6.42. The van der Waals surface area contributed by atoms with Crippen molar-refractivity contribution in [1.29, 1.82) is 0 Å². The molecule has 108 valence electrons. The van der Waals surface area contributed by atoms with Gasteiger partial charge in [0.2, 0.25) is 0 Å². The van der Waals surface area contributed by atoms with E-state index >= 15 is 0 Å². The summed E-state index contributed by atoms with van der Waals surface area (Å²) >= 11 is 11.4. The topological polar surface area (TPSA) is 12.0 Å². The van der Waals surface area contributed by atoms with Crippen molar-refractivity contribution >= 4 is 38.9 Å². The molecule has 1 unspecified atom stereocenters. The first-order valence-corrected chi connectivity index (χ1v) is 8.91. The highest BCUT2D eigenvalue weighted by atomic mass is 79.9. The van der Waals surface area contributed by atoms with E-state index in [0.717, 1.165) is 31.0 Å². The van der Waals surface area contributed by atoms with Gasteiger partial charge in [0.15, 0.2) is 0 Å². The molecule has 0 aliphatic carbocycles. The number of thiophene rings is 1. The van der Waals surface area contributed by atoms with Crippen LogP contribution < -0.4 is 5.32 Å². The lowest BCUT2D eigenvalue weighted by Gasteiger charge is -2.17. The Morgan fingerprint density at radius 3 is 2.55 bits per heavy atom. The number of halogens is 2. The number of benzene rings is 1. The van der Waals surface area contributed by atoms with Crippen LogP contribution >= 0.6 is 38.9 Å². The molecule has 0 radical (unpaired) electrons. The maximum absolute atomic E-state index is 5.95. The summed E-state index contributed by atoms with van der Waals surface area (Å²) in [4.78, 5) is 1.43. The molecule has 0 aliphatic rings. The molecule has 1 aromatic heterocycles. The number of hydrogen-bond donors (Lipinski definition) is 1. The number of rotatable bonds is 7. The zero-order valence-corrected chi connectivity index (χ0v) is 14.7. The fraction of sp³-hybridized carbons (Fsp3) is 0.375. The van der Waals surface area contributed by atoms with Crippen molar-refractivity contribution in [3.63, 3.8) is 0 Å². The Bertz CT molecular complexity index is 524. The summed E-state index contributed by atoms with van der Waals surface area (Å²) in [6.45, 7) is 4.21. The van der Waals surface area contributed by atoms with Crippen molar-refractivity contribution in [1.82, 2.24) is 5.32 Å². The average Bonchev–Trinajstić information content (AvgIpc) is 2.84. The van der Waals surface area contributed by atoms with Crippen LogP contribution in [-0.2, 0) is 12.8 Å². The molecule has 1 atom stereocenters. The van der Waals surface area contributed by atoms with Gasteiger partial charge in [-0.3, -0.25) is 0 Å². The highest BCUT2D eigenvalue weighted by Gasteiger charge is 2.13. The van der Waals surface area contributed by atoms with Gasteiger partial charge in [0.05, 0.1) is 0 Å². The normalized spacial score (nSPS) is 12.6. The molecule has 0 saturated carbocycles. The third-order valence-corrected chi connectivity index (χ3v) is 5.49.